The SMILES string of the molecule is CC(/C=N\[C@H](C)c1nnn(C)n1)=C/CCl. The molecule has 0 fully saturated rings. The number of aliphatic imine (C=N–C) groups is 1. The number of allylic oxidation sites excluding steroid dienone is 2. The van der Waals surface area contributed by atoms with Crippen LogP contribution in [0.25, 0.3) is 0 Å². The van der Waals surface area contributed by atoms with E-state index in [4.69, 9.17) is 11.6 Å². The highest BCUT2D eigenvalue weighted by atomic mass is 35.5. The van der Waals surface area contributed by atoms with Gasteiger partial charge >= 0.3 is 0 Å². The lowest BCUT2D eigenvalue weighted by atomic mass is 10.3. The van der Waals surface area contributed by atoms with E-state index in [1.807, 2.05) is 19.9 Å². The molecule has 0 N–H and O–H groups in total. The third kappa shape index (κ3) is 3.79. The van der Waals surface area contributed by atoms with Gasteiger partial charge in [0.1, 0.15) is 6.04 Å². The van der Waals surface area contributed by atoms with Gasteiger partial charge in [-0.3, -0.25) is 4.99 Å². The molecule has 0 saturated carbocycles. The zero-order valence-electron chi connectivity index (χ0n) is 9.05. The summed E-state index contributed by atoms with van der Waals surface area (Å²) in [6.07, 6.45) is 3.66. The molecule has 0 amide bonds. The molecule has 0 aliphatic rings. The number of hydrogen-bond donors (Lipinski definition) is 0. The van der Waals surface area contributed by atoms with Crippen LogP contribution in [-0.4, -0.2) is 32.3 Å². The number of nitrogens with zero attached hydrogens (tertiary/aromatic N) is 5. The van der Waals surface area contributed by atoms with Crippen LogP contribution < -0.4 is 0 Å². The van der Waals surface area contributed by atoms with Crippen molar-refractivity contribution in [3.05, 3.63) is 17.5 Å². The van der Waals surface area contributed by atoms with Crippen LogP contribution >= 0.6 is 11.6 Å². The van der Waals surface area contributed by atoms with Crippen molar-refractivity contribution in [3.8, 4) is 0 Å². The maximum absolute atomic E-state index is 5.56. The van der Waals surface area contributed by atoms with Crippen LogP contribution in [-0.2, 0) is 7.05 Å². The van der Waals surface area contributed by atoms with Crippen molar-refractivity contribution in [1.82, 2.24) is 20.2 Å². The Morgan fingerprint density at radius 2 is 2.40 bits per heavy atom. The minimum absolute atomic E-state index is 0.0858. The maximum atomic E-state index is 5.56. The molecule has 0 saturated heterocycles. The largest absolute Gasteiger partial charge is 0.282 e. The molecule has 0 aromatic carbocycles. The smallest absolute Gasteiger partial charge is 0.198 e. The Balaban J connectivity index is 2.63. The van der Waals surface area contributed by atoms with Gasteiger partial charge in [0, 0.05) is 12.1 Å². The highest BCUT2D eigenvalue weighted by Gasteiger charge is 2.08. The summed E-state index contributed by atoms with van der Waals surface area (Å²) in [6, 6.07) is -0.0858. The average Bonchev–Trinajstić information content (AvgIpc) is 2.62. The summed E-state index contributed by atoms with van der Waals surface area (Å²) in [6.45, 7) is 3.87. The van der Waals surface area contributed by atoms with Crippen molar-refractivity contribution >= 4 is 17.8 Å². The standard InChI is InChI=1S/C9H14ClN5/c1-7(4-5-10)6-11-8(2)9-12-14-15(3)13-9/h4,6,8H,5H2,1-3H3/b7-4-,11-6-/t8-/m1/s1. The van der Waals surface area contributed by atoms with Crippen molar-refractivity contribution in [2.75, 3.05) is 5.88 Å². The topological polar surface area (TPSA) is 56.0 Å². The molecule has 1 atom stereocenters. The number of aryl methyl sites for hydroxylation is 1. The molecule has 82 valence electrons. The van der Waals surface area contributed by atoms with Crippen LogP contribution in [0.1, 0.15) is 25.7 Å². The molecule has 0 spiro atoms. The van der Waals surface area contributed by atoms with Crippen molar-refractivity contribution in [2.45, 2.75) is 19.9 Å². The van der Waals surface area contributed by atoms with Gasteiger partial charge in [-0.05, 0) is 24.6 Å². The fourth-order valence-corrected chi connectivity index (χ4v) is 1.18. The summed E-state index contributed by atoms with van der Waals surface area (Å²) >= 11 is 5.56. The van der Waals surface area contributed by atoms with Gasteiger partial charge in [-0.15, -0.1) is 21.8 Å². The first-order valence-electron chi connectivity index (χ1n) is 4.63. The van der Waals surface area contributed by atoms with Crippen LogP contribution in [0.4, 0.5) is 0 Å². The predicted molar refractivity (Wildman–Crippen MR) is 60.2 cm³/mol. The van der Waals surface area contributed by atoms with E-state index in [2.05, 4.69) is 20.4 Å². The van der Waals surface area contributed by atoms with Crippen molar-refractivity contribution in [2.24, 2.45) is 12.0 Å². The molecule has 0 aliphatic carbocycles. The Morgan fingerprint density at radius 1 is 1.67 bits per heavy atom. The molecule has 6 heteroatoms. The first kappa shape index (κ1) is 11.8. The zero-order chi connectivity index (χ0) is 11.3. The number of hydrogen-bond acceptors (Lipinski definition) is 4. The lowest BCUT2D eigenvalue weighted by Gasteiger charge is -1.98. The van der Waals surface area contributed by atoms with Crippen LogP contribution in [0, 0.1) is 0 Å². The Kier molecular flexibility index (Phi) is 4.42. The molecule has 0 unspecified atom stereocenters. The summed E-state index contributed by atoms with van der Waals surface area (Å²) in [7, 11) is 1.73. The molecule has 15 heavy (non-hydrogen) atoms. The third-order valence-corrected chi connectivity index (χ3v) is 1.95. The molecule has 1 aromatic heterocycles. The van der Waals surface area contributed by atoms with Gasteiger partial charge in [0.05, 0.1) is 7.05 Å². The molecule has 0 aliphatic heterocycles. The normalized spacial score (nSPS) is 14.8. The molecule has 1 aromatic rings. The van der Waals surface area contributed by atoms with E-state index in [1.165, 1.54) is 4.80 Å². The molecule has 0 bridgehead atoms. The van der Waals surface area contributed by atoms with E-state index in [9.17, 15) is 0 Å². The number of rotatable bonds is 4. The van der Waals surface area contributed by atoms with Crippen molar-refractivity contribution in [3.63, 3.8) is 0 Å². The third-order valence-electron chi connectivity index (χ3n) is 1.80. The minimum Gasteiger partial charge on any atom is -0.282 e. The summed E-state index contributed by atoms with van der Waals surface area (Å²) in [5, 5.41) is 11.7. The second kappa shape index (κ2) is 5.60. The Labute approximate surface area is 93.8 Å². The summed E-state index contributed by atoms with van der Waals surface area (Å²) in [5.74, 6) is 1.11. The van der Waals surface area contributed by atoms with Gasteiger partial charge in [0.15, 0.2) is 5.82 Å². The Bertz CT molecular complexity index is 368. The van der Waals surface area contributed by atoms with E-state index < -0.39 is 0 Å². The molecular formula is C9H14ClN5. The van der Waals surface area contributed by atoms with E-state index in [1.54, 1.807) is 13.3 Å². The first-order chi connectivity index (χ1) is 7.13. The maximum Gasteiger partial charge on any atom is 0.198 e. The van der Waals surface area contributed by atoms with Crippen LogP contribution in [0.15, 0.2) is 16.6 Å². The van der Waals surface area contributed by atoms with E-state index >= 15 is 0 Å². The number of halogens is 1. The molecule has 5 nitrogen and oxygen atoms in total. The molecule has 0 radical (unpaired) electrons. The number of tetrazole rings is 1. The highest BCUT2D eigenvalue weighted by molar-refractivity contribution is 6.19. The van der Waals surface area contributed by atoms with Gasteiger partial charge in [-0.1, -0.05) is 6.08 Å². The predicted octanol–water partition coefficient (Wildman–Crippen LogP) is 1.53. The van der Waals surface area contributed by atoms with Gasteiger partial charge in [0.25, 0.3) is 0 Å². The first-order valence-corrected chi connectivity index (χ1v) is 5.16. The fraction of sp³-hybridized carbons (Fsp3) is 0.556. The van der Waals surface area contributed by atoms with Crippen LogP contribution in [0.3, 0.4) is 0 Å². The second-order valence-corrected chi connectivity index (χ2v) is 3.50. The molecular weight excluding hydrogens is 214 g/mol. The highest BCUT2D eigenvalue weighted by Crippen LogP contribution is 2.09. The second-order valence-electron chi connectivity index (χ2n) is 3.19. The number of aromatic nitrogens is 4. The summed E-state index contributed by atoms with van der Waals surface area (Å²) in [4.78, 5) is 5.72. The van der Waals surface area contributed by atoms with Gasteiger partial charge in [0.2, 0.25) is 0 Å². The molecule has 1 rings (SSSR count). The van der Waals surface area contributed by atoms with E-state index in [0.717, 1.165) is 5.57 Å². The Hall–Kier alpha value is -1.23. The molecule has 1 heterocycles. The monoisotopic (exact) mass is 227 g/mol. The quantitative estimate of drug-likeness (QED) is 0.579. The van der Waals surface area contributed by atoms with E-state index in [-0.39, 0.29) is 6.04 Å². The lowest BCUT2D eigenvalue weighted by Crippen LogP contribution is -1.96. The van der Waals surface area contributed by atoms with Crippen molar-refractivity contribution in [1.29, 1.82) is 0 Å². The average molecular weight is 228 g/mol. The minimum atomic E-state index is -0.0858. The Morgan fingerprint density at radius 3 is 2.93 bits per heavy atom. The lowest BCUT2D eigenvalue weighted by molar-refractivity contribution is 0.623. The van der Waals surface area contributed by atoms with Gasteiger partial charge in [-0.25, -0.2) is 0 Å². The van der Waals surface area contributed by atoms with Crippen molar-refractivity contribution < 1.29 is 0 Å². The van der Waals surface area contributed by atoms with Gasteiger partial charge in [-0.2, -0.15) is 4.80 Å². The van der Waals surface area contributed by atoms with Gasteiger partial charge < -0.3 is 0 Å². The fourth-order valence-electron chi connectivity index (χ4n) is 0.936. The summed E-state index contributed by atoms with van der Waals surface area (Å²) < 4.78 is 0. The van der Waals surface area contributed by atoms with E-state index in [0.29, 0.717) is 11.7 Å². The van der Waals surface area contributed by atoms with Crippen LogP contribution in [0.5, 0.6) is 0 Å². The number of alkyl halides is 1. The zero-order valence-corrected chi connectivity index (χ0v) is 9.81. The summed E-state index contributed by atoms with van der Waals surface area (Å²) in [5.41, 5.74) is 1.03. The van der Waals surface area contributed by atoms with Crippen LogP contribution in [0.2, 0.25) is 0 Å².